The lowest BCUT2D eigenvalue weighted by atomic mass is 10.1. The summed E-state index contributed by atoms with van der Waals surface area (Å²) in [6.45, 7) is 7.52. The van der Waals surface area contributed by atoms with Crippen molar-refractivity contribution in [2.45, 2.75) is 33.6 Å². The fraction of sp³-hybridized carbons (Fsp3) is 0.529. The molecule has 1 aliphatic heterocycles. The van der Waals surface area contributed by atoms with Crippen molar-refractivity contribution >= 4 is 33.4 Å². The SMILES string of the molecule is Cc1cc(Br)ccc1NC(=O)C1CC(=O)N(CCC(C)C)C1. The standard InChI is InChI=1S/C17H23BrN2O2/c1-11(2)6-7-20-10-13(9-16(20)21)17(22)19-15-5-4-14(18)8-12(15)3/h4-5,8,11,13H,6-7,9-10H2,1-3H3,(H,19,22). The van der Waals surface area contributed by atoms with Gasteiger partial charge in [0.2, 0.25) is 11.8 Å². The van der Waals surface area contributed by atoms with Crippen LogP contribution in [0.25, 0.3) is 0 Å². The number of hydrogen-bond acceptors (Lipinski definition) is 2. The van der Waals surface area contributed by atoms with E-state index in [0.29, 0.717) is 18.9 Å². The van der Waals surface area contributed by atoms with Gasteiger partial charge in [-0.15, -0.1) is 0 Å². The first-order chi connectivity index (χ1) is 10.4. The van der Waals surface area contributed by atoms with Gasteiger partial charge in [0, 0.05) is 29.7 Å². The highest BCUT2D eigenvalue weighted by Crippen LogP contribution is 2.24. The molecule has 2 amide bonds. The van der Waals surface area contributed by atoms with Crippen molar-refractivity contribution < 1.29 is 9.59 Å². The van der Waals surface area contributed by atoms with E-state index >= 15 is 0 Å². The lowest BCUT2D eigenvalue weighted by Crippen LogP contribution is -2.29. The van der Waals surface area contributed by atoms with E-state index in [9.17, 15) is 9.59 Å². The zero-order valence-electron chi connectivity index (χ0n) is 13.4. The van der Waals surface area contributed by atoms with E-state index in [1.165, 1.54) is 0 Å². The highest BCUT2D eigenvalue weighted by molar-refractivity contribution is 9.10. The normalized spacial score (nSPS) is 18.1. The van der Waals surface area contributed by atoms with Crippen molar-refractivity contribution in [2.24, 2.45) is 11.8 Å². The quantitative estimate of drug-likeness (QED) is 0.865. The van der Waals surface area contributed by atoms with Crippen molar-refractivity contribution in [3.63, 3.8) is 0 Å². The van der Waals surface area contributed by atoms with Crippen LogP contribution in [0.3, 0.4) is 0 Å². The van der Waals surface area contributed by atoms with Crippen LogP contribution < -0.4 is 5.32 Å². The number of nitrogens with zero attached hydrogens (tertiary/aromatic N) is 1. The maximum absolute atomic E-state index is 12.4. The Kier molecular flexibility index (Phi) is 5.62. The second-order valence-electron chi connectivity index (χ2n) is 6.37. The van der Waals surface area contributed by atoms with E-state index in [4.69, 9.17) is 0 Å². The fourth-order valence-corrected chi connectivity index (χ4v) is 3.06. The first-order valence-electron chi connectivity index (χ1n) is 7.71. The van der Waals surface area contributed by atoms with E-state index in [1.54, 1.807) is 0 Å². The van der Waals surface area contributed by atoms with Crippen LogP contribution >= 0.6 is 15.9 Å². The molecule has 1 aromatic rings. The van der Waals surface area contributed by atoms with Crippen molar-refractivity contribution in [1.29, 1.82) is 0 Å². The Labute approximate surface area is 140 Å². The minimum Gasteiger partial charge on any atom is -0.342 e. The van der Waals surface area contributed by atoms with Gasteiger partial charge < -0.3 is 10.2 Å². The summed E-state index contributed by atoms with van der Waals surface area (Å²) in [5.41, 5.74) is 1.81. The fourth-order valence-electron chi connectivity index (χ4n) is 2.58. The smallest absolute Gasteiger partial charge is 0.229 e. The molecular weight excluding hydrogens is 344 g/mol. The molecule has 1 N–H and O–H groups in total. The van der Waals surface area contributed by atoms with Crippen molar-refractivity contribution in [2.75, 3.05) is 18.4 Å². The molecule has 1 aliphatic rings. The maximum Gasteiger partial charge on any atom is 0.229 e. The molecule has 120 valence electrons. The van der Waals surface area contributed by atoms with Crippen LogP contribution in [-0.2, 0) is 9.59 Å². The van der Waals surface area contributed by atoms with Crippen molar-refractivity contribution in [1.82, 2.24) is 4.90 Å². The summed E-state index contributed by atoms with van der Waals surface area (Å²) < 4.78 is 0.985. The molecule has 0 bridgehead atoms. The van der Waals surface area contributed by atoms with E-state index in [-0.39, 0.29) is 17.7 Å². The van der Waals surface area contributed by atoms with Gasteiger partial charge in [0.1, 0.15) is 0 Å². The summed E-state index contributed by atoms with van der Waals surface area (Å²) in [7, 11) is 0. The Hall–Kier alpha value is -1.36. The van der Waals surface area contributed by atoms with Crippen LogP contribution in [0.1, 0.15) is 32.3 Å². The third kappa shape index (κ3) is 4.32. The van der Waals surface area contributed by atoms with E-state index in [0.717, 1.165) is 28.7 Å². The van der Waals surface area contributed by atoms with Crippen LogP contribution in [0.2, 0.25) is 0 Å². The number of aryl methyl sites for hydroxylation is 1. The number of carbonyl (C=O) groups excluding carboxylic acids is 2. The van der Waals surface area contributed by atoms with Crippen LogP contribution in [0.15, 0.2) is 22.7 Å². The van der Waals surface area contributed by atoms with Crippen LogP contribution in [0, 0.1) is 18.8 Å². The number of carbonyl (C=O) groups is 2. The van der Waals surface area contributed by atoms with Crippen LogP contribution in [0.5, 0.6) is 0 Å². The summed E-state index contributed by atoms with van der Waals surface area (Å²) in [6.07, 6.45) is 1.30. The molecule has 0 radical (unpaired) electrons. The Morgan fingerprint density at radius 2 is 2.18 bits per heavy atom. The molecule has 1 aromatic carbocycles. The van der Waals surface area contributed by atoms with E-state index < -0.39 is 0 Å². The third-order valence-corrected chi connectivity index (χ3v) is 4.50. The number of halogens is 1. The number of hydrogen-bond donors (Lipinski definition) is 1. The molecule has 5 heteroatoms. The van der Waals surface area contributed by atoms with Gasteiger partial charge in [-0.25, -0.2) is 0 Å². The molecule has 0 spiro atoms. The molecule has 22 heavy (non-hydrogen) atoms. The van der Waals surface area contributed by atoms with Crippen LogP contribution in [0.4, 0.5) is 5.69 Å². The molecular formula is C17H23BrN2O2. The molecule has 0 aromatic heterocycles. The second-order valence-corrected chi connectivity index (χ2v) is 7.29. The van der Waals surface area contributed by atoms with E-state index in [2.05, 4.69) is 35.1 Å². The first-order valence-corrected chi connectivity index (χ1v) is 8.51. The minimum atomic E-state index is -0.247. The summed E-state index contributed by atoms with van der Waals surface area (Å²) in [5.74, 6) is 0.341. The largest absolute Gasteiger partial charge is 0.342 e. The molecule has 1 fully saturated rings. The number of likely N-dealkylation sites (tertiary alicyclic amines) is 1. The number of rotatable bonds is 5. The summed E-state index contributed by atoms with van der Waals surface area (Å²) in [5, 5.41) is 2.95. The molecule has 4 nitrogen and oxygen atoms in total. The van der Waals surface area contributed by atoms with Gasteiger partial charge >= 0.3 is 0 Å². The summed E-state index contributed by atoms with van der Waals surface area (Å²) >= 11 is 3.41. The highest BCUT2D eigenvalue weighted by Gasteiger charge is 2.34. The van der Waals surface area contributed by atoms with Gasteiger partial charge in [-0.05, 0) is 43.0 Å². The average Bonchev–Trinajstić information content (AvgIpc) is 2.81. The van der Waals surface area contributed by atoms with Crippen molar-refractivity contribution in [3.8, 4) is 0 Å². The Morgan fingerprint density at radius 1 is 1.45 bits per heavy atom. The van der Waals surface area contributed by atoms with E-state index in [1.807, 2.05) is 30.0 Å². The lowest BCUT2D eigenvalue weighted by molar-refractivity contribution is -0.128. The maximum atomic E-state index is 12.4. The van der Waals surface area contributed by atoms with Gasteiger partial charge in [-0.3, -0.25) is 9.59 Å². The Morgan fingerprint density at radius 3 is 2.82 bits per heavy atom. The zero-order chi connectivity index (χ0) is 16.3. The molecule has 0 aliphatic carbocycles. The minimum absolute atomic E-state index is 0.0641. The van der Waals surface area contributed by atoms with Gasteiger partial charge in [-0.1, -0.05) is 29.8 Å². The van der Waals surface area contributed by atoms with Gasteiger partial charge in [0.05, 0.1) is 5.92 Å². The topological polar surface area (TPSA) is 49.4 Å². The average molecular weight is 367 g/mol. The van der Waals surface area contributed by atoms with Crippen molar-refractivity contribution in [3.05, 3.63) is 28.2 Å². The van der Waals surface area contributed by atoms with Crippen LogP contribution in [-0.4, -0.2) is 29.8 Å². The predicted octanol–water partition coefficient (Wildman–Crippen LogP) is 3.59. The number of nitrogens with one attached hydrogen (secondary N) is 1. The second kappa shape index (κ2) is 7.27. The van der Waals surface area contributed by atoms with Gasteiger partial charge in [0.25, 0.3) is 0 Å². The lowest BCUT2D eigenvalue weighted by Gasteiger charge is -2.18. The molecule has 1 saturated heterocycles. The monoisotopic (exact) mass is 366 g/mol. The summed E-state index contributed by atoms with van der Waals surface area (Å²) in [4.78, 5) is 26.2. The van der Waals surface area contributed by atoms with Gasteiger partial charge in [-0.2, -0.15) is 0 Å². The zero-order valence-corrected chi connectivity index (χ0v) is 14.9. The molecule has 0 saturated carbocycles. The summed E-state index contributed by atoms with van der Waals surface area (Å²) in [6, 6.07) is 5.74. The Bertz CT molecular complexity index is 572. The first kappa shape index (κ1) is 17.0. The predicted molar refractivity (Wildman–Crippen MR) is 91.7 cm³/mol. The molecule has 1 atom stereocenters. The Balaban J connectivity index is 1.95. The number of amides is 2. The number of anilines is 1. The molecule has 1 heterocycles. The third-order valence-electron chi connectivity index (χ3n) is 4.01. The highest BCUT2D eigenvalue weighted by atomic mass is 79.9. The molecule has 1 unspecified atom stereocenters. The molecule has 2 rings (SSSR count). The number of benzene rings is 1. The van der Waals surface area contributed by atoms with Gasteiger partial charge in [0.15, 0.2) is 0 Å².